The Labute approximate surface area is 162 Å². The molecule has 0 saturated heterocycles. The Hall–Kier alpha value is -2.19. The van der Waals surface area contributed by atoms with E-state index in [0.717, 1.165) is 6.42 Å². The minimum atomic E-state index is -0.540. The van der Waals surface area contributed by atoms with Crippen LogP contribution in [0.2, 0.25) is 0 Å². The molecule has 1 N–H and O–H groups in total. The molecule has 27 heavy (non-hydrogen) atoms. The molecule has 1 aliphatic rings. The number of alkyl carbamates (subject to hydrolysis) is 1. The van der Waals surface area contributed by atoms with E-state index in [1.54, 1.807) is 0 Å². The number of carbonyl (C=O) groups is 2. The average molecular weight is 383 g/mol. The van der Waals surface area contributed by atoms with Gasteiger partial charge in [0, 0.05) is 5.92 Å². The maximum absolute atomic E-state index is 12.3. The van der Waals surface area contributed by atoms with Crippen LogP contribution in [0.25, 0.3) is 11.1 Å². The van der Waals surface area contributed by atoms with Crippen molar-refractivity contribution in [1.82, 2.24) is 5.32 Å². The van der Waals surface area contributed by atoms with E-state index in [1.807, 2.05) is 24.3 Å². The lowest BCUT2D eigenvalue weighted by molar-refractivity contribution is -0.113. The largest absolute Gasteiger partial charge is 0.449 e. The molecular weight excluding hydrogens is 357 g/mol. The summed E-state index contributed by atoms with van der Waals surface area (Å²) in [5.74, 6) is 0.491. The Morgan fingerprint density at radius 2 is 1.56 bits per heavy atom. The van der Waals surface area contributed by atoms with Gasteiger partial charge in [-0.25, -0.2) is 4.79 Å². The highest BCUT2D eigenvalue weighted by atomic mass is 31.0. The molecular formula is C22H26NO3P. The van der Waals surface area contributed by atoms with Gasteiger partial charge in [0.2, 0.25) is 0 Å². The van der Waals surface area contributed by atoms with Gasteiger partial charge in [0.05, 0.1) is 6.04 Å². The monoisotopic (exact) mass is 383 g/mol. The molecule has 1 amide bonds. The normalized spacial score (nSPS) is 13.8. The molecule has 0 radical (unpaired) electrons. The van der Waals surface area contributed by atoms with Crippen molar-refractivity contribution in [1.29, 1.82) is 0 Å². The molecule has 2 atom stereocenters. The number of amides is 1. The van der Waals surface area contributed by atoms with Crippen LogP contribution in [0.5, 0.6) is 0 Å². The van der Waals surface area contributed by atoms with Crippen LogP contribution in [-0.2, 0) is 9.53 Å². The fraction of sp³-hybridized carbons (Fsp3) is 0.364. The van der Waals surface area contributed by atoms with Crippen LogP contribution in [0.3, 0.4) is 0 Å². The van der Waals surface area contributed by atoms with Crippen LogP contribution in [0, 0.1) is 5.92 Å². The van der Waals surface area contributed by atoms with Gasteiger partial charge in [-0.15, -0.1) is 0 Å². The van der Waals surface area contributed by atoms with Gasteiger partial charge in [-0.1, -0.05) is 71.6 Å². The topological polar surface area (TPSA) is 55.4 Å². The number of carbonyl (C=O) groups excluding carboxylic acids is 2. The second kappa shape index (κ2) is 8.67. The van der Waals surface area contributed by atoms with E-state index in [-0.39, 0.29) is 18.0 Å². The Kier molecular flexibility index (Phi) is 6.28. The highest BCUT2D eigenvalue weighted by Gasteiger charge is 2.29. The van der Waals surface area contributed by atoms with Crippen LogP contribution in [0.4, 0.5) is 4.79 Å². The first kappa shape index (κ1) is 19.6. The lowest BCUT2D eigenvalue weighted by atomic mass is 9.98. The summed E-state index contributed by atoms with van der Waals surface area (Å²) in [4.78, 5) is 24.1. The fourth-order valence-electron chi connectivity index (χ4n) is 3.57. The van der Waals surface area contributed by atoms with E-state index >= 15 is 0 Å². The van der Waals surface area contributed by atoms with Crippen LogP contribution in [-0.4, -0.2) is 24.3 Å². The molecule has 0 fully saturated rings. The van der Waals surface area contributed by atoms with Crippen LogP contribution < -0.4 is 5.32 Å². The first-order valence-corrected chi connectivity index (χ1v) is 9.96. The van der Waals surface area contributed by atoms with Crippen molar-refractivity contribution in [3.8, 4) is 11.1 Å². The van der Waals surface area contributed by atoms with Crippen molar-refractivity contribution in [3.63, 3.8) is 0 Å². The Morgan fingerprint density at radius 1 is 1.00 bits per heavy atom. The Balaban J connectivity index is 1.66. The third kappa shape index (κ3) is 4.56. The highest BCUT2D eigenvalue weighted by molar-refractivity contribution is 7.40. The molecule has 0 spiro atoms. The summed E-state index contributed by atoms with van der Waals surface area (Å²) in [6.45, 7) is 4.44. The third-order valence-electron chi connectivity index (χ3n) is 5.01. The summed E-state index contributed by atoms with van der Waals surface area (Å²) in [5, 5.41) is 2.71. The van der Waals surface area contributed by atoms with Gasteiger partial charge in [-0.05, 0) is 41.0 Å². The fourth-order valence-corrected chi connectivity index (χ4v) is 3.82. The van der Waals surface area contributed by atoms with Crippen molar-refractivity contribution in [2.24, 2.45) is 5.92 Å². The zero-order chi connectivity index (χ0) is 19.4. The molecule has 3 rings (SSSR count). The highest BCUT2D eigenvalue weighted by Crippen LogP contribution is 2.44. The summed E-state index contributed by atoms with van der Waals surface area (Å²) < 4.78 is 5.52. The molecule has 1 aliphatic carbocycles. The zero-order valence-electron chi connectivity index (χ0n) is 15.8. The smallest absolute Gasteiger partial charge is 0.407 e. The van der Waals surface area contributed by atoms with E-state index in [0.29, 0.717) is 12.3 Å². The van der Waals surface area contributed by atoms with Crippen LogP contribution >= 0.6 is 9.24 Å². The summed E-state index contributed by atoms with van der Waals surface area (Å²) in [5.41, 5.74) is 4.60. The van der Waals surface area contributed by atoms with E-state index in [4.69, 9.17) is 4.74 Å². The molecule has 142 valence electrons. The number of hydrogen-bond acceptors (Lipinski definition) is 3. The van der Waals surface area contributed by atoms with Gasteiger partial charge in [0.25, 0.3) is 0 Å². The Morgan fingerprint density at radius 3 is 2.07 bits per heavy atom. The molecule has 2 aromatic rings. The lowest BCUT2D eigenvalue weighted by Crippen LogP contribution is -2.39. The lowest BCUT2D eigenvalue weighted by Gasteiger charge is -2.18. The van der Waals surface area contributed by atoms with Gasteiger partial charge in [0.15, 0.2) is 5.52 Å². The number of ether oxygens (including phenoxy) is 1. The van der Waals surface area contributed by atoms with Crippen molar-refractivity contribution in [2.75, 3.05) is 6.61 Å². The number of fused-ring (bicyclic) bond motifs is 3. The number of nitrogens with one attached hydrogen (secondary N) is 1. The quantitative estimate of drug-likeness (QED) is 0.703. The minimum absolute atomic E-state index is 0.0176. The van der Waals surface area contributed by atoms with E-state index in [1.165, 1.54) is 22.3 Å². The molecule has 5 heteroatoms. The average Bonchev–Trinajstić information content (AvgIpc) is 2.97. The van der Waals surface area contributed by atoms with E-state index in [9.17, 15) is 9.59 Å². The maximum Gasteiger partial charge on any atom is 0.407 e. The number of hydrogen-bond donors (Lipinski definition) is 1. The zero-order valence-corrected chi connectivity index (χ0v) is 16.9. The van der Waals surface area contributed by atoms with Crippen LogP contribution in [0.1, 0.15) is 43.7 Å². The molecule has 0 aromatic heterocycles. The Bertz CT molecular complexity index is 788. The first-order valence-electron chi connectivity index (χ1n) is 9.38. The molecule has 1 unspecified atom stereocenters. The van der Waals surface area contributed by atoms with Gasteiger partial charge in [0.1, 0.15) is 6.61 Å². The minimum Gasteiger partial charge on any atom is -0.449 e. The van der Waals surface area contributed by atoms with E-state index < -0.39 is 12.1 Å². The van der Waals surface area contributed by atoms with Gasteiger partial charge < -0.3 is 10.1 Å². The molecule has 0 heterocycles. The summed E-state index contributed by atoms with van der Waals surface area (Å²) in [6.07, 6.45) is 0.944. The maximum atomic E-state index is 12.3. The number of benzene rings is 2. The predicted octanol–water partition coefficient (Wildman–Crippen LogP) is 4.73. The predicted molar refractivity (Wildman–Crippen MR) is 111 cm³/mol. The second-order valence-corrected chi connectivity index (χ2v) is 7.97. The summed E-state index contributed by atoms with van der Waals surface area (Å²) in [7, 11) is 2.16. The molecule has 2 aromatic carbocycles. The van der Waals surface area contributed by atoms with Gasteiger partial charge in [-0.2, -0.15) is 0 Å². The van der Waals surface area contributed by atoms with Crippen molar-refractivity contribution >= 4 is 20.9 Å². The SMILES string of the molecule is CC(C)CC[C@H](NC(=O)OCC1c2ccccc2-c2ccccc21)C(=O)P. The second-order valence-electron chi connectivity index (χ2n) is 7.40. The third-order valence-corrected chi connectivity index (χ3v) is 5.41. The number of rotatable bonds is 7. The molecule has 0 bridgehead atoms. The van der Waals surface area contributed by atoms with Crippen molar-refractivity contribution in [2.45, 2.75) is 38.6 Å². The first-order chi connectivity index (χ1) is 13.0. The van der Waals surface area contributed by atoms with Crippen molar-refractivity contribution < 1.29 is 14.3 Å². The van der Waals surface area contributed by atoms with Gasteiger partial charge in [-0.3, -0.25) is 4.79 Å². The van der Waals surface area contributed by atoms with Crippen LogP contribution in [0.15, 0.2) is 48.5 Å². The van der Waals surface area contributed by atoms with Crippen molar-refractivity contribution in [3.05, 3.63) is 59.7 Å². The summed E-state index contributed by atoms with van der Waals surface area (Å²) in [6, 6.07) is 15.9. The van der Waals surface area contributed by atoms with Gasteiger partial charge >= 0.3 is 6.09 Å². The molecule has 4 nitrogen and oxygen atoms in total. The summed E-state index contributed by atoms with van der Waals surface area (Å²) >= 11 is 0. The molecule has 0 aliphatic heterocycles. The standard InChI is InChI=1S/C22H26NO3P/c1-14(2)11-12-20(21(24)27)23-22(25)26-13-19-17-9-5-3-7-15(17)16-8-4-6-10-18(16)19/h3-10,14,19-20H,11-13,27H2,1-2H3,(H,23,25)/t20-/m0/s1. The van der Waals surface area contributed by atoms with E-state index in [2.05, 4.69) is 52.7 Å². The molecule has 0 saturated carbocycles.